The smallest absolute Gasteiger partial charge is 0.254 e. The number of hydrogen-bond acceptors (Lipinski definition) is 4. The molecular weight excluding hydrogens is 454 g/mol. The van der Waals surface area contributed by atoms with Crippen LogP contribution in [0.1, 0.15) is 51.5 Å². The van der Waals surface area contributed by atoms with Crippen molar-refractivity contribution in [1.82, 2.24) is 14.4 Å². The van der Waals surface area contributed by atoms with Crippen molar-refractivity contribution in [3.05, 3.63) is 99.5 Å². The lowest BCUT2D eigenvalue weighted by molar-refractivity contribution is -0.137. The number of rotatable bonds is 3. The summed E-state index contributed by atoms with van der Waals surface area (Å²) < 4.78 is 7.21. The molecule has 0 aliphatic carbocycles. The lowest BCUT2D eigenvalue weighted by atomic mass is 9.77. The summed E-state index contributed by atoms with van der Waals surface area (Å²) in [7, 11) is 3.40. The van der Waals surface area contributed by atoms with Gasteiger partial charge in [-0.25, -0.2) is 0 Å². The number of aromatic nitrogens is 1. The van der Waals surface area contributed by atoms with Gasteiger partial charge in [-0.15, -0.1) is 0 Å². The lowest BCUT2D eigenvalue weighted by Gasteiger charge is -2.46. The second kappa shape index (κ2) is 8.66. The number of nitrogens with zero attached hydrogens (tertiary/aromatic N) is 3. The Kier molecular flexibility index (Phi) is 5.43. The number of carbonyl (C=O) groups excluding carboxylic acids is 2. The lowest BCUT2D eigenvalue weighted by Crippen LogP contribution is -2.53. The van der Waals surface area contributed by atoms with E-state index in [1.165, 1.54) is 0 Å². The van der Waals surface area contributed by atoms with Crippen molar-refractivity contribution in [2.45, 2.75) is 30.8 Å². The van der Waals surface area contributed by atoms with E-state index >= 15 is 0 Å². The molecule has 3 aliphatic heterocycles. The highest BCUT2D eigenvalue weighted by molar-refractivity contribution is 6.01. The Labute approximate surface area is 209 Å². The second-order valence-electron chi connectivity index (χ2n) is 10.1. The van der Waals surface area contributed by atoms with Gasteiger partial charge in [0.15, 0.2) is 0 Å². The second-order valence-corrected chi connectivity index (χ2v) is 10.1. The van der Waals surface area contributed by atoms with Crippen molar-refractivity contribution < 1.29 is 14.3 Å². The van der Waals surface area contributed by atoms with Gasteiger partial charge in [-0.3, -0.25) is 14.4 Å². The number of pyridine rings is 1. The number of fused-ring (bicyclic) bond motifs is 5. The average molecular weight is 484 g/mol. The van der Waals surface area contributed by atoms with Crippen LogP contribution in [-0.2, 0) is 11.3 Å². The van der Waals surface area contributed by atoms with Gasteiger partial charge < -0.3 is 19.1 Å². The van der Waals surface area contributed by atoms with E-state index in [0.29, 0.717) is 25.2 Å². The third-order valence-electron chi connectivity index (χ3n) is 8.09. The Morgan fingerprint density at radius 1 is 0.917 bits per heavy atom. The molecule has 0 radical (unpaired) electrons. The van der Waals surface area contributed by atoms with Crippen molar-refractivity contribution in [2.24, 2.45) is 5.92 Å². The topological polar surface area (TPSA) is 71.8 Å². The van der Waals surface area contributed by atoms with E-state index in [1.54, 1.807) is 25.1 Å². The first-order valence-corrected chi connectivity index (χ1v) is 12.4. The third-order valence-corrected chi connectivity index (χ3v) is 8.09. The fraction of sp³-hybridized carbons (Fsp3) is 0.345. The van der Waals surface area contributed by atoms with Crippen molar-refractivity contribution in [3.8, 4) is 5.75 Å². The first-order valence-electron chi connectivity index (χ1n) is 12.4. The maximum atomic E-state index is 14.4. The predicted octanol–water partition coefficient (Wildman–Crippen LogP) is 3.41. The SMILES string of the molecule is COc1ccc([C@H]2[C@@H](C(=O)N3C[C@@H]4C[C@H](C3)c3cccc(=O)n3C4)c3ccccc3C(=O)N2C)cc1. The molecule has 3 aliphatic rings. The first kappa shape index (κ1) is 22.6. The van der Waals surface area contributed by atoms with Gasteiger partial charge in [0.1, 0.15) is 5.75 Å². The van der Waals surface area contributed by atoms with Gasteiger partial charge in [0.25, 0.3) is 11.5 Å². The average Bonchev–Trinajstić information content (AvgIpc) is 2.91. The molecule has 1 saturated heterocycles. The molecule has 36 heavy (non-hydrogen) atoms. The number of likely N-dealkylation sites (tertiary alicyclic amines) is 1. The van der Waals surface area contributed by atoms with E-state index in [0.717, 1.165) is 29.0 Å². The van der Waals surface area contributed by atoms with E-state index in [1.807, 2.05) is 70.1 Å². The summed E-state index contributed by atoms with van der Waals surface area (Å²) >= 11 is 0. The number of amides is 2. The molecule has 2 aromatic carbocycles. The number of hydrogen-bond donors (Lipinski definition) is 0. The monoisotopic (exact) mass is 483 g/mol. The van der Waals surface area contributed by atoms with Gasteiger partial charge in [-0.05, 0) is 47.7 Å². The summed E-state index contributed by atoms with van der Waals surface area (Å²) in [5.41, 5.74) is 3.30. The minimum Gasteiger partial charge on any atom is -0.497 e. The Bertz CT molecular complexity index is 1400. The Hall–Kier alpha value is -3.87. The van der Waals surface area contributed by atoms with Crippen LogP contribution in [0.15, 0.2) is 71.5 Å². The molecule has 0 spiro atoms. The van der Waals surface area contributed by atoms with Gasteiger partial charge in [0, 0.05) is 49.9 Å². The zero-order chi connectivity index (χ0) is 25.0. The molecule has 2 bridgehead atoms. The molecular formula is C29H29N3O4. The van der Waals surface area contributed by atoms with Gasteiger partial charge in [0.05, 0.1) is 19.1 Å². The summed E-state index contributed by atoms with van der Waals surface area (Å²) in [6.07, 6.45) is 0.981. The summed E-state index contributed by atoms with van der Waals surface area (Å²) in [5.74, 6) is 0.521. The maximum Gasteiger partial charge on any atom is 0.254 e. The van der Waals surface area contributed by atoms with Crippen molar-refractivity contribution in [2.75, 3.05) is 27.2 Å². The fourth-order valence-electron chi connectivity index (χ4n) is 6.43. The summed E-state index contributed by atoms with van der Waals surface area (Å²) in [4.78, 5) is 43.8. The van der Waals surface area contributed by atoms with Gasteiger partial charge >= 0.3 is 0 Å². The summed E-state index contributed by atoms with van der Waals surface area (Å²) in [6, 6.07) is 20.1. The maximum absolute atomic E-state index is 14.4. The van der Waals surface area contributed by atoms with Crippen LogP contribution in [0.3, 0.4) is 0 Å². The molecule has 7 nitrogen and oxygen atoms in total. The molecule has 0 saturated carbocycles. The Balaban J connectivity index is 1.40. The van der Waals surface area contributed by atoms with Crippen LogP contribution >= 0.6 is 0 Å². The summed E-state index contributed by atoms with van der Waals surface area (Å²) in [5, 5.41) is 0. The normalized spacial score (nSPS) is 24.7. The molecule has 184 valence electrons. The highest BCUT2D eigenvalue weighted by Gasteiger charge is 2.46. The third kappa shape index (κ3) is 3.53. The van der Waals surface area contributed by atoms with E-state index in [9.17, 15) is 14.4 Å². The highest BCUT2D eigenvalue weighted by Crippen LogP contribution is 2.45. The molecule has 1 fully saturated rings. The fourth-order valence-corrected chi connectivity index (χ4v) is 6.43. The van der Waals surface area contributed by atoms with Gasteiger partial charge in [0.2, 0.25) is 5.91 Å². The molecule has 2 amide bonds. The largest absolute Gasteiger partial charge is 0.497 e. The van der Waals surface area contributed by atoms with Crippen molar-refractivity contribution in [3.63, 3.8) is 0 Å². The van der Waals surface area contributed by atoms with E-state index in [4.69, 9.17) is 4.74 Å². The number of benzene rings is 2. The molecule has 6 rings (SSSR count). The van der Waals surface area contributed by atoms with Crippen LogP contribution in [0.25, 0.3) is 0 Å². The number of piperidine rings is 1. The van der Waals surface area contributed by atoms with E-state index < -0.39 is 12.0 Å². The van der Waals surface area contributed by atoms with E-state index in [2.05, 4.69) is 0 Å². The van der Waals surface area contributed by atoms with Crippen LogP contribution in [-0.4, -0.2) is 53.4 Å². The van der Waals surface area contributed by atoms with Crippen LogP contribution < -0.4 is 10.3 Å². The standard InChI is InChI=1S/C29H29N3O4/c1-30-27(19-10-12-21(36-2)13-11-19)26(22-6-3-4-7-23(22)28(30)34)29(35)31-15-18-14-20(17-31)24-8-5-9-25(33)32(24)16-18/h3-13,18,20,26-27H,14-17H2,1-2H3/t18-,20+,26-,27-/m0/s1. The molecule has 3 aromatic rings. The zero-order valence-corrected chi connectivity index (χ0v) is 20.5. The molecule has 4 atom stereocenters. The van der Waals surface area contributed by atoms with Crippen LogP contribution in [0.2, 0.25) is 0 Å². The van der Waals surface area contributed by atoms with Crippen LogP contribution in [0.5, 0.6) is 5.75 Å². The van der Waals surface area contributed by atoms with Gasteiger partial charge in [-0.2, -0.15) is 0 Å². The number of carbonyl (C=O) groups is 2. The molecule has 4 heterocycles. The van der Waals surface area contributed by atoms with Crippen molar-refractivity contribution >= 4 is 11.8 Å². The number of methoxy groups -OCH3 is 1. The minimum absolute atomic E-state index is 0.0305. The highest BCUT2D eigenvalue weighted by atomic mass is 16.5. The molecule has 7 heteroatoms. The minimum atomic E-state index is -0.519. The van der Waals surface area contributed by atoms with Gasteiger partial charge in [-0.1, -0.05) is 36.4 Å². The molecule has 0 unspecified atom stereocenters. The summed E-state index contributed by atoms with van der Waals surface area (Å²) in [6.45, 7) is 1.82. The van der Waals surface area contributed by atoms with Crippen molar-refractivity contribution in [1.29, 1.82) is 0 Å². The predicted molar refractivity (Wildman–Crippen MR) is 135 cm³/mol. The Morgan fingerprint density at radius 3 is 2.47 bits per heavy atom. The Morgan fingerprint density at radius 2 is 1.69 bits per heavy atom. The van der Waals surface area contributed by atoms with E-state index in [-0.39, 0.29) is 29.2 Å². The quantitative estimate of drug-likeness (QED) is 0.573. The molecule has 0 N–H and O–H groups in total. The molecule has 1 aromatic heterocycles. The van der Waals surface area contributed by atoms with Crippen LogP contribution in [0, 0.1) is 5.92 Å². The van der Waals surface area contributed by atoms with Crippen LogP contribution in [0.4, 0.5) is 0 Å². The zero-order valence-electron chi connectivity index (χ0n) is 20.5. The first-order chi connectivity index (χ1) is 17.5. The number of likely N-dealkylation sites (N-methyl/N-ethyl adjacent to an activating group) is 1. The number of ether oxygens (including phenoxy) is 1.